The zero-order chi connectivity index (χ0) is 9.99. The topological polar surface area (TPSA) is 51.2 Å². The zero-order valence-corrected chi connectivity index (χ0v) is 9.83. The molecule has 0 radical (unpaired) electrons. The van der Waals surface area contributed by atoms with Crippen molar-refractivity contribution in [1.29, 1.82) is 0 Å². The Morgan fingerprint density at radius 3 is 1.92 bits per heavy atom. The van der Waals surface area contributed by atoms with Crippen molar-refractivity contribution in [2.24, 2.45) is 0 Å². The average Bonchev–Trinajstić information content (AvgIpc) is 2.02. The van der Waals surface area contributed by atoms with Crippen LogP contribution in [-0.2, 0) is 14.6 Å². The third-order valence-electron chi connectivity index (χ3n) is 1.85. The molecule has 0 spiro atoms. The van der Waals surface area contributed by atoms with Gasteiger partial charge in [-0.1, -0.05) is 29.8 Å². The number of halogens is 1. The fourth-order valence-electron chi connectivity index (χ4n) is 0.917. The first kappa shape index (κ1) is 12.1. The summed E-state index contributed by atoms with van der Waals surface area (Å²) in [5.41, 5.74) is 0. The molecule has 0 aromatic rings. The molecule has 0 aromatic carbocycles. The van der Waals surface area contributed by atoms with Crippen LogP contribution in [0.25, 0.3) is 0 Å². The summed E-state index contributed by atoms with van der Waals surface area (Å²) < 4.78 is 21.5. The van der Waals surface area contributed by atoms with Crippen LogP contribution in [0, 0.1) is 0 Å². The summed E-state index contributed by atoms with van der Waals surface area (Å²) in [5, 5.41) is 0. The van der Waals surface area contributed by atoms with Gasteiger partial charge in [0.25, 0.3) is 0 Å². The Labute approximate surface area is 81.6 Å². The quantitative estimate of drug-likeness (QED) is 0.717. The predicted molar refractivity (Wildman–Crippen MR) is 52.1 cm³/mol. The summed E-state index contributed by atoms with van der Waals surface area (Å²) in [6, 6.07) is 0. The first-order chi connectivity index (χ1) is 5.31. The van der Waals surface area contributed by atoms with E-state index in [2.05, 4.69) is 15.9 Å². The molecule has 1 atom stereocenters. The van der Waals surface area contributed by atoms with Crippen molar-refractivity contribution in [3.63, 3.8) is 0 Å². The normalized spacial score (nSPS) is 17.0. The van der Waals surface area contributed by atoms with Gasteiger partial charge in [-0.15, -0.1) is 0 Å². The Morgan fingerprint density at radius 2 is 1.83 bits per heavy atom. The van der Waals surface area contributed by atoms with Crippen LogP contribution in [0.5, 0.6) is 0 Å². The molecular formula is C7H13BrO3S. The van der Waals surface area contributed by atoms with Gasteiger partial charge in [-0.25, -0.2) is 8.42 Å². The molecule has 3 nitrogen and oxygen atoms in total. The van der Waals surface area contributed by atoms with E-state index in [1.165, 1.54) is 13.8 Å². The molecular weight excluding hydrogens is 244 g/mol. The molecule has 0 saturated heterocycles. The minimum absolute atomic E-state index is 0.0222. The van der Waals surface area contributed by atoms with Gasteiger partial charge in [0.15, 0.2) is 19.3 Å². The molecule has 0 N–H and O–H groups in total. The second-order valence-electron chi connectivity index (χ2n) is 2.54. The van der Waals surface area contributed by atoms with Crippen LogP contribution in [0.4, 0.5) is 0 Å². The molecule has 1 unspecified atom stereocenters. The number of Topliss-reactive ketones (excluding diaryl/α,β-unsaturated/α-hetero) is 1. The summed E-state index contributed by atoms with van der Waals surface area (Å²) >= 11 is 2.99. The fourth-order valence-corrected chi connectivity index (χ4v) is 2.94. The lowest BCUT2D eigenvalue weighted by Crippen LogP contribution is -2.39. The highest BCUT2D eigenvalue weighted by Gasteiger charge is 2.42. The highest BCUT2D eigenvalue weighted by molar-refractivity contribution is 9.12. The number of sulfone groups is 1. The van der Waals surface area contributed by atoms with Crippen molar-refractivity contribution in [1.82, 2.24) is 0 Å². The number of hydrogen-bond acceptors (Lipinski definition) is 3. The Bertz CT molecular complexity index is 270. The van der Waals surface area contributed by atoms with Crippen molar-refractivity contribution in [2.75, 3.05) is 5.75 Å². The first-order valence-corrected chi connectivity index (χ1v) is 6.18. The predicted octanol–water partition coefficient (Wildman–Crippen LogP) is 1.51. The van der Waals surface area contributed by atoms with E-state index in [4.69, 9.17) is 0 Å². The van der Waals surface area contributed by atoms with E-state index < -0.39 is 13.5 Å². The Morgan fingerprint density at radius 1 is 1.42 bits per heavy atom. The maximum Gasteiger partial charge on any atom is 0.184 e. The lowest BCUT2D eigenvalue weighted by atomic mass is 10.2. The van der Waals surface area contributed by atoms with Crippen LogP contribution < -0.4 is 0 Å². The lowest BCUT2D eigenvalue weighted by Gasteiger charge is -2.21. The Kier molecular flexibility index (Phi) is 3.90. The monoisotopic (exact) mass is 256 g/mol. The Hall–Kier alpha value is 0.1000. The van der Waals surface area contributed by atoms with Gasteiger partial charge in [0, 0.05) is 5.75 Å². The van der Waals surface area contributed by atoms with E-state index in [0.29, 0.717) is 0 Å². The van der Waals surface area contributed by atoms with Crippen LogP contribution in [0.15, 0.2) is 0 Å². The smallest absolute Gasteiger partial charge is 0.184 e. The molecule has 0 bridgehead atoms. The van der Waals surface area contributed by atoms with Gasteiger partial charge in [0.05, 0.1) is 0 Å². The average molecular weight is 257 g/mol. The molecule has 0 aliphatic rings. The second-order valence-corrected chi connectivity index (χ2v) is 6.92. The van der Waals surface area contributed by atoms with Gasteiger partial charge in [-0.2, -0.15) is 0 Å². The van der Waals surface area contributed by atoms with Crippen LogP contribution in [-0.4, -0.2) is 23.6 Å². The van der Waals surface area contributed by atoms with E-state index in [1.54, 1.807) is 6.92 Å². The van der Waals surface area contributed by atoms with Crippen molar-refractivity contribution in [3.8, 4) is 0 Å². The summed E-state index contributed by atoms with van der Waals surface area (Å²) in [5.74, 6) is -0.377. The van der Waals surface area contributed by atoms with Gasteiger partial charge in [-0.05, 0) is 13.3 Å². The van der Waals surface area contributed by atoms with Crippen molar-refractivity contribution in [3.05, 3.63) is 0 Å². The molecule has 0 aromatic heterocycles. The summed E-state index contributed by atoms with van der Waals surface area (Å²) in [6.45, 7) is 4.48. The van der Waals surface area contributed by atoms with Crippen LogP contribution in [0.1, 0.15) is 27.2 Å². The zero-order valence-electron chi connectivity index (χ0n) is 7.43. The molecule has 0 saturated carbocycles. The van der Waals surface area contributed by atoms with E-state index in [-0.39, 0.29) is 18.0 Å². The maximum atomic E-state index is 11.4. The molecule has 0 rings (SSSR count). The van der Waals surface area contributed by atoms with Crippen LogP contribution >= 0.6 is 15.9 Å². The fraction of sp³-hybridized carbons (Fsp3) is 0.857. The van der Waals surface area contributed by atoms with Gasteiger partial charge in [-0.3, -0.25) is 4.79 Å². The van der Waals surface area contributed by atoms with Gasteiger partial charge in [0.2, 0.25) is 0 Å². The van der Waals surface area contributed by atoms with E-state index in [1.807, 2.05) is 0 Å². The molecule has 0 aliphatic heterocycles. The van der Waals surface area contributed by atoms with Crippen LogP contribution in [0.2, 0.25) is 0 Å². The lowest BCUT2D eigenvalue weighted by molar-refractivity contribution is -0.117. The van der Waals surface area contributed by atoms with Crippen molar-refractivity contribution < 1.29 is 13.2 Å². The molecule has 0 heterocycles. The second kappa shape index (κ2) is 3.87. The van der Waals surface area contributed by atoms with Gasteiger partial charge < -0.3 is 0 Å². The van der Waals surface area contributed by atoms with E-state index in [0.717, 1.165) is 0 Å². The minimum Gasteiger partial charge on any atom is -0.297 e. The summed E-state index contributed by atoms with van der Waals surface area (Å²) in [6.07, 6.45) is 0.262. The van der Waals surface area contributed by atoms with Crippen molar-refractivity contribution in [2.45, 2.75) is 30.8 Å². The molecule has 0 aliphatic carbocycles. The standard InChI is InChI=1S/C7H13BrO3S/c1-4-7(8,6(3)9)12(10,11)5-2/h4-5H2,1-3H3. The van der Waals surface area contributed by atoms with Gasteiger partial charge in [0.1, 0.15) is 0 Å². The largest absolute Gasteiger partial charge is 0.297 e. The molecule has 5 heteroatoms. The third kappa shape index (κ3) is 1.88. The molecule has 0 amide bonds. The highest BCUT2D eigenvalue weighted by Crippen LogP contribution is 2.30. The van der Waals surface area contributed by atoms with E-state index >= 15 is 0 Å². The minimum atomic E-state index is -3.34. The third-order valence-corrected chi connectivity index (χ3v) is 6.77. The van der Waals surface area contributed by atoms with Crippen LogP contribution in [0.3, 0.4) is 0 Å². The molecule has 72 valence electrons. The Balaban J connectivity index is 5.17. The van der Waals surface area contributed by atoms with Gasteiger partial charge >= 0.3 is 0 Å². The summed E-state index contributed by atoms with van der Waals surface area (Å²) in [7, 11) is -3.34. The number of rotatable bonds is 4. The SMILES string of the molecule is CCC(Br)(C(C)=O)S(=O)(=O)CC. The number of carbonyl (C=O) groups is 1. The maximum absolute atomic E-state index is 11.4. The summed E-state index contributed by atoms with van der Waals surface area (Å²) in [4.78, 5) is 11.1. The van der Waals surface area contributed by atoms with Crippen molar-refractivity contribution >= 4 is 31.6 Å². The molecule has 12 heavy (non-hydrogen) atoms. The first-order valence-electron chi connectivity index (χ1n) is 3.74. The number of alkyl halides is 1. The highest BCUT2D eigenvalue weighted by atomic mass is 79.9. The number of hydrogen-bond donors (Lipinski definition) is 0. The molecule has 0 fully saturated rings. The van der Waals surface area contributed by atoms with E-state index in [9.17, 15) is 13.2 Å². The number of carbonyl (C=O) groups excluding carboxylic acids is 1. The number of ketones is 1.